The highest BCUT2D eigenvalue weighted by Gasteiger charge is 2.16. The average Bonchev–Trinajstić information content (AvgIpc) is 3.01. The lowest BCUT2D eigenvalue weighted by Crippen LogP contribution is -2.17. The van der Waals surface area contributed by atoms with Gasteiger partial charge in [0.05, 0.1) is 5.52 Å². The van der Waals surface area contributed by atoms with E-state index >= 15 is 0 Å². The molecule has 0 aliphatic carbocycles. The highest BCUT2D eigenvalue weighted by molar-refractivity contribution is 5.92. The number of likely N-dealkylation sites (N-methyl/N-ethyl adjacent to an activating group) is 1. The molecule has 1 N–H and O–H groups in total. The van der Waals surface area contributed by atoms with Gasteiger partial charge in [-0.15, -0.1) is 0 Å². The number of aryl methyl sites for hydroxylation is 1. The lowest BCUT2D eigenvalue weighted by atomic mass is 10.1. The van der Waals surface area contributed by atoms with Crippen molar-refractivity contribution in [3.63, 3.8) is 0 Å². The molecule has 0 spiro atoms. The second-order valence-corrected chi connectivity index (χ2v) is 7.24. The number of hydrogen-bond donors (Lipinski definition) is 1. The van der Waals surface area contributed by atoms with Crippen LogP contribution in [0.15, 0.2) is 24.4 Å². The van der Waals surface area contributed by atoms with Crippen molar-refractivity contribution in [3.05, 3.63) is 35.5 Å². The van der Waals surface area contributed by atoms with E-state index in [1.54, 1.807) is 6.20 Å². The van der Waals surface area contributed by atoms with Gasteiger partial charge in [-0.25, -0.2) is 4.79 Å². The first kappa shape index (κ1) is 22.4. The third-order valence-corrected chi connectivity index (χ3v) is 4.49. The van der Waals surface area contributed by atoms with Gasteiger partial charge in [-0.05, 0) is 58.0 Å². The summed E-state index contributed by atoms with van der Waals surface area (Å²) in [6.45, 7) is 2.37. The number of carbonyl (C=O) groups excluding carboxylic acids is 2. The fourth-order valence-electron chi connectivity index (χ4n) is 2.94. The smallest absolute Gasteiger partial charge is 0.421 e. The molecular formula is C21H28N2O6. The first-order valence-corrected chi connectivity index (χ1v) is 9.58. The molecule has 0 bridgehead atoms. The number of rotatable bonds is 10. The zero-order valence-corrected chi connectivity index (χ0v) is 17.1. The van der Waals surface area contributed by atoms with Crippen molar-refractivity contribution < 1.29 is 29.0 Å². The van der Waals surface area contributed by atoms with E-state index in [0.29, 0.717) is 12.8 Å². The van der Waals surface area contributed by atoms with Crippen molar-refractivity contribution in [1.29, 1.82) is 0 Å². The number of aromatic nitrogens is 1. The van der Waals surface area contributed by atoms with E-state index in [4.69, 9.17) is 14.6 Å². The highest BCUT2D eigenvalue weighted by atomic mass is 16.7. The van der Waals surface area contributed by atoms with E-state index in [1.807, 2.05) is 39.2 Å². The van der Waals surface area contributed by atoms with Crippen LogP contribution in [0.1, 0.15) is 36.8 Å². The Balaban J connectivity index is 1.94. The van der Waals surface area contributed by atoms with Gasteiger partial charge in [0, 0.05) is 31.0 Å². The van der Waals surface area contributed by atoms with Crippen molar-refractivity contribution in [1.82, 2.24) is 9.47 Å². The monoisotopic (exact) mass is 404 g/mol. The fourth-order valence-corrected chi connectivity index (χ4v) is 2.94. The number of carboxylic acids is 1. The Bertz CT molecular complexity index is 871. The average molecular weight is 404 g/mol. The van der Waals surface area contributed by atoms with Crippen molar-refractivity contribution >= 4 is 28.9 Å². The van der Waals surface area contributed by atoms with Crippen LogP contribution < -0.4 is 0 Å². The number of unbranched alkanes of at least 4 members (excludes halogenated alkanes) is 1. The predicted molar refractivity (Wildman–Crippen MR) is 108 cm³/mol. The SMILES string of the molecule is Cc1ccc2c(c1)c(CCN(C)C)cn2C(=O)OCOC(=O)CCCCC(=O)O. The van der Waals surface area contributed by atoms with Crippen molar-refractivity contribution in [2.24, 2.45) is 0 Å². The molecule has 0 atom stereocenters. The molecule has 0 saturated carbocycles. The van der Waals surface area contributed by atoms with E-state index in [1.165, 1.54) is 4.57 Å². The van der Waals surface area contributed by atoms with Crippen LogP contribution in [0.5, 0.6) is 0 Å². The zero-order chi connectivity index (χ0) is 21.4. The number of esters is 1. The van der Waals surface area contributed by atoms with Crippen LogP contribution in [0.4, 0.5) is 4.79 Å². The number of ether oxygens (including phenoxy) is 2. The molecule has 0 amide bonds. The summed E-state index contributed by atoms with van der Waals surface area (Å²) in [6.07, 6.45) is 2.85. The van der Waals surface area contributed by atoms with Gasteiger partial charge in [0.2, 0.25) is 6.79 Å². The molecule has 0 aliphatic heterocycles. The summed E-state index contributed by atoms with van der Waals surface area (Å²) in [7, 11) is 3.99. The number of nitrogens with zero attached hydrogens (tertiary/aromatic N) is 2. The van der Waals surface area contributed by atoms with Gasteiger partial charge in [0.25, 0.3) is 0 Å². The molecule has 158 valence electrons. The minimum absolute atomic E-state index is 0.0125. The lowest BCUT2D eigenvalue weighted by molar-refractivity contribution is -0.152. The second-order valence-electron chi connectivity index (χ2n) is 7.24. The topological polar surface area (TPSA) is 98.1 Å². The molecule has 0 radical (unpaired) electrons. The largest absolute Gasteiger partial charge is 0.481 e. The van der Waals surface area contributed by atoms with E-state index in [2.05, 4.69) is 4.90 Å². The molecule has 0 saturated heterocycles. The molecule has 29 heavy (non-hydrogen) atoms. The van der Waals surface area contributed by atoms with Crippen molar-refractivity contribution in [3.8, 4) is 0 Å². The summed E-state index contributed by atoms with van der Waals surface area (Å²) in [4.78, 5) is 36.6. The Kier molecular flexibility index (Phi) is 8.21. The second kappa shape index (κ2) is 10.6. The lowest BCUT2D eigenvalue weighted by Gasteiger charge is -2.08. The Morgan fingerprint density at radius 2 is 1.83 bits per heavy atom. The molecule has 0 fully saturated rings. The maximum atomic E-state index is 12.5. The molecule has 1 heterocycles. The Morgan fingerprint density at radius 1 is 1.10 bits per heavy atom. The molecule has 8 heteroatoms. The van der Waals surface area contributed by atoms with Crippen LogP contribution in [0.25, 0.3) is 10.9 Å². The summed E-state index contributed by atoms with van der Waals surface area (Å²) in [5.74, 6) is -1.42. The van der Waals surface area contributed by atoms with Crippen LogP contribution in [0.3, 0.4) is 0 Å². The summed E-state index contributed by atoms with van der Waals surface area (Å²) < 4.78 is 11.4. The first-order chi connectivity index (χ1) is 13.8. The standard InChI is InChI=1S/C21H28N2O6/c1-15-8-9-18-17(12-15)16(10-11-22(2)3)13-23(18)21(27)29-14-28-20(26)7-5-4-6-19(24)25/h8-9,12-13H,4-7,10-11,14H2,1-3H3,(H,24,25). The normalized spacial score (nSPS) is 11.0. The molecule has 2 aromatic rings. The molecular weight excluding hydrogens is 376 g/mol. The van der Waals surface area contributed by atoms with E-state index in [0.717, 1.165) is 35.0 Å². The summed E-state index contributed by atoms with van der Waals surface area (Å²) in [6, 6.07) is 5.85. The van der Waals surface area contributed by atoms with E-state index in [9.17, 15) is 14.4 Å². The zero-order valence-electron chi connectivity index (χ0n) is 17.1. The highest BCUT2D eigenvalue weighted by Crippen LogP contribution is 2.24. The minimum atomic E-state index is -0.897. The van der Waals surface area contributed by atoms with Gasteiger partial charge in [-0.3, -0.25) is 14.2 Å². The number of hydrogen-bond acceptors (Lipinski definition) is 6. The van der Waals surface area contributed by atoms with Gasteiger partial charge >= 0.3 is 18.0 Å². The first-order valence-electron chi connectivity index (χ1n) is 9.58. The number of carboxylic acid groups (broad SMARTS) is 1. The molecule has 1 aromatic heterocycles. The van der Waals surface area contributed by atoms with Gasteiger partial charge in [0.15, 0.2) is 0 Å². The molecule has 2 rings (SSSR count). The predicted octanol–water partition coefficient (Wildman–Crippen LogP) is 3.18. The van der Waals surface area contributed by atoms with Gasteiger partial charge in [-0.2, -0.15) is 0 Å². The van der Waals surface area contributed by atoms with Crippen LogP contribution in [-0.2, 0) is 25.5 Å². The summed E-state index contributed by atoms with van der Waals surface area (Å²) in [5.41, 5.74) is 2.89. The molecule has 0 unspecified atom stereocenters. The number of benzene rings is 1. The van der Waals surface area contributed by atoms with E-state index in [-0.39, 0.29) is 12.8 Å². The third kappa shape index (κ3) is 6.90. The molecule has 1 aromatic carbocycles. The van der Waals surface area contributed by atoms with Crippen LogP contribution in [-0.4, -0.2) is 60.0 Å². The third-order valence-electron chi connectivity index (χ3n) is 4.49. The van der Waals surface area contributed by atoms with E-state index < -0.39 is 24.8 Å². The van der Waals surface area contributed by atoms with Crippen molar-refractivity contribution in [2.75, 3.05) is 27.4 Å². The maximum absolute atomic E-state index is 12.5. The van der Waals surface area contributed by atoms with Gasteiger partial charge < -0.3 is 19.5 Å². The number of aliphatic carboxylic acids is 1. The van der Waals surface area contributed by atoms with Crippen LogP contribution in [0.2, 0.25) is 0 Å². The number of carbonyl (C=O) groups is 3. The summed E-state index contributed by atoms with van der Waals surface area (Å²) in [5, 5.41) is 9.56. The van der Waals surface area contributed by atoms with Gasteiger partial charge in [0.1, 0.15) is 0 Å². The maximum Gasteiger partial charge on any atom is 0.421 e. The quantitative estimate of drug-likeness (QED) is 0.369. The van der Waals surface area contributed by atoms with Crippen LogP contribution >= 0.6 is 0 Å². The minimum Gasteiger partial charge on any atom is -0.481 e. The molecule has 0 aliphatic rings. The Labute approximate surface area is 170 Å². The Morgan fingerprint density at radius 3 is 2.52 bits per heavy atom. The summed E-state index contributed by atoms with van der Waals surface area (Å²) >= 11 is 0. The van der Waals surface area contributed by atoms with Crippen molar-refractivity contribution in [2.45, 2.75) is 39.0 Å². The van der Waals surface area contributed by atoms with Crippen LogP contribution in [0, 0.1) is 6.92 Å². The fraction of sp³-hybridized carbons (Fsp3) is 0.476. The van der Waals surface area contributed by atoms with Gasteiger partial charge in [-0.1, -0.05) is 11.6 Å². The number of fused-ring (bicyclic) bond motifs is 1. The Hall–Kier alpha value is -2.87. The molecule has 8 nitrogen and oxygen atoms in total.